The van der Waals surface area contributed by atoms with Gasteiger partial charge in [-0.2, -0.15) is 0 Å². The summed E-state index contributed by atoms with van der Waals surface area (Å²) >= 11 is 1.61. The lowest BCUT2D eigenvalue weighted by Crippen LogP contribution is -2.05. The van der Waals surface area contributed by atoms with Gasteiger partial charge < -0.3 is 19.5 Å². The minimum atomic E-state index is 0.227. The molecule has 0 radical (unpaired) electrons. The molecule has 0 saturated heterocycles. The highest BCUT2D eigenvalue weighted by atomic mass is 32.1. The molecule has 1 aliphatic rings. The van der Waals surface area contributed by atoms with Crippen LogP contribution >= 0.6 is 11.3 Å². The molecule has 1 unspecified atom stereocenters. The Morgan fingerprint density at radius 2 is 2.30 bits per heavy atom. The summed E-state index contributed by atoms with van der Waals surface area (Å²) in [5.41, 5.74) is 3.16. The molecule has 1 atom stereocenters. The highest BCUT2D eigenvalue weighted by Gasteiger charge is 2.21. The average molecular weight is 334 g/mol. The minimum Gasteiger partial charge on any atom is -0.492 e. The van der Waals surface area contributed by atoms with E-state index in [-0.39, 0.29) is 6.10 Å². The summed E-state index contributed by atoms with van der Waals surface area (Å²) in [6.45, 7) is 5.92. The maximum atomic E-state index is 5.84. The van der Waals surface area contributed by atoms with Crippen molar-refractivity contribution < 1.29 is 14.2 Å². The Morgan fingerprint density at radius 3 is 3.09 bits per heavy atom. The predicted octanol–water partition coefficient (Wildman–Crippen LogP) is 3.62. The van der Waals surface area contributed by atoms with Crippen LogP contribution in [0, 0.1) is 0 Å². The fourth-order valence-electron chi connectivity index (χ4n) is 2.66. The van der Waals surface area contributed by atoms with Crippen molar-refractivity contribution in [3.8, 4) is 11.5 Å². The van der Waals surface area contributed by atoms with Gasteiger partial charge in [-0.15, -0.1) is 11.3 Å². The van der Waals surface area contributed by atoms with Crippen LogP contribution in [0.25, 0.3) is 0 Å². The highest BCUT2D eigenvalue weighted by molar-refractivity contribution is 7.09. The Bertz CT molecular complexity index is 672. The zero-order valence-electron chi connectivity index (χ0n) is 13.7. The lowest BCUT2D eigenvalue weighted by molar-refractivity contribution is 0.184. The molecule has 5 nitrogen and oxygen atoms in total. The number of aromatic nitrogens is 1. The third kappa shape index (κ3) is 3.76. The van der Waals surface area contributed by atoms with Crippen molar-refractivity contribution >= 4 is 17.0 Å². The molecular formula is C17H22N2O3S. The molecule has 1 aromatic heterocycles. The zero-order valence-corrected chi connectivity index (χ0v) is 14.5. The molecule has 0 bridgehead atoms. The number of anilines is 1. The second kappa shape index (κ2) is 7.19. The Morgan fingerprint density at radius 1 is 1.43 bits per heavy atom. The predicted molar refractivity (Wildman–Crippen MR) is 91.6 cm³/mol. The van der Waals surface area contributed by atoms with Crippen LogP contribution in [0.3, 0.4) is 0 Å². The Hall–Kier alpha value is -1.79. The number of nitrogens with zero attached hydrogens (tertiary/aromatic N) is 1. The van der Waals surface area contributed by atoms with E-state index in [1.807, 2.05) is 18.4 Å². The van der Waals surface area contributed by atoms with Gasteiger partial charge >= 0.3 is 0 Å². The summed E-state index contributed by atoms with van der Waals surface area (Å²) in [7, 11) is 1.68. The number of hydrogen-bond acceptors (Lipinski definition) is 6. The van der Waals surface area contributed by atoms with Gasteiger partial charge in [0.15, 0.2) is 0 Å². The number of ether oxygens (including phenoxy) is 3. The normalized spacial score (nSPS) is 16.0. The SMILES string of the molecule is CCOc1cc2c(cc1NCc1csc(COC)n1)OC(C)C2. The van der Waals surface area contributed by atoms with Gasteiger partial charge in [-0.25, -0.2) is 4.98 Å². The zero-order chi connectivity index (χ0) is 16.2. The quantitative estimate of drug-likeness (QED) is 0.838. The van der Waals surface area contributed by atoms with Gasteiger partial charge in [0.2, 0.25) is 0 Å². The smallest absolute Gasteiger partial charge is 0.142 e. The first-order valence-electron chi connectivity index (χ1n) is 7.82. The summed E-state index contributed by atoms with van der Waals surface area (Å²) in [5.74, 6) is 1.82. The van der Waals surface area contributed by atoms with E-state index in [4.69, 9.17) is 14.2 Å². The van der Waals surface area contributed by atoms with Crippen LogP contribution < -0.4 is 14.8 Å². The second-order valence-corrected chi connectivity index (χ2v) is 6.48. The topological polar surface area (TPSA) is 52.6 Å². The molecule has 1 aromatic carbocycles. The summed E-state index contributed by atoms with van der Waals surface area (Å²) in [4.78, 5) is 4.53. The van der Waals surface area contributed by atoms with Crippen LogP contribution in [0.15, 0.2) is 17.5 Å². The Balaban J connectivity index is 1.74. The van der Waals surface area contributed by atoms with E-state index in [0.717, 1.165) is 34.3 Å². The van der Waals surface area contributed by atoms with Gasteiger partial charge in [0.1, 0.15) is 22.6 Å². The van der Waals surface area contributed by atoms with Crippen molar-refractivity contribution in [2.24, 2.45) is 0 Å². The van der Waals surface area contributed by atoms with E-state index in [1.165, 1.54) is 5.56 Å². The molecule has 0 amide bonds. The van der Waals surface area contributed by atoms with Gasteiger partial charge in [0.25, 0.3) is 0 Å². The van der Waals surface area contributed by atoms with Gasteiger partial charge in [-0.05, 0) is 19.9 Å². The fraction of sp³-hybridized carbons (Fsp3) is 0.471. The molecule has 0 saturated carbocycles. The van der Waals surface area contributed by atoms with Crippen LogP contribution in [-0.2, 0) is 24.3 Å². The van der Waals surface area contributed by atoms with E-state index >= 15 is 0 Å². The highest BCUT2D eigenvalue weighted by Crippen LogP contribution is 2.38. The lowest BCUT2D eigenvalue weighted by atomic mass is 10.1. The standard InChI is InChI=1S/C17H22N2O3S/c1-4-21-16-6-12-5-11(2)22-15(12)7-14(16)18-8-13-10-23-17(19-13)9-20-3/h6-7,10-11,18H,4-5,8-9H2,1-3H3. The molecule has 1 N–H and O–H groups in total. The molecule has 2 heterocycles. The average Bonchev–Trinajstić information content (AvgIpc) is 3.11. The summed E-state index contributed by atoms with van der Waals surface area (Å²) in [5, 5.41) is 6.45. The van der Waals surface area contributed by atoms with Gasteiger partial charge in [0, 0.05) is 30.5 Å². The number of methoxy groups -OCH3 is 1. The van der Waals surface area contributed by atoms with Crippen LogP contribution in [0.1, 0.15) is 30.1 Å². The maximum absolute atomic E-state index is 5.84. The maximum Gasteiger partial charge on any atom is 0.142 e. The largest absolute Gasteiger partial charge is 0.492 e. The number of benzene rings is 1. The Labute approximate surface area is 140 Å². The molecule has 23 heavy (non-hydrogen) atoms. The molecule has 3 rings (SSSR count). The summed E-state index contributed by atoms with van der Waals surface area (Å²) in [6, 6.07) is 4.12. The van der Waals surface area contributed by atoms with Crippen LogP contribution in [0.2, 0.25) is 0 Å². The van der Waals surface area contributed by atoms with Gasteiger partial charge in [0.05, 0.1) is 31.1 Å². The molecule has 124 valence electrons. The van der Waals surface area contributed by atoms with Gasteiger partial charge in [-0.1, -0.05) is 0 Å². The number of thiazole rings is 1. The second-order valence-electron chi connectivity index (χ2n) is 5.54. The first kappa shape index (κ1) is 16.1. The molecular weight excluding hydrogens is 312 g/mol. The van der Waals surface area contributed by atoms with Crippen molar-refractivity contribution in [2.45, 2.75) is 39.5 Å². The van der Waals surface area contributed by atoms with Crippen molar-refractivity contribution in [1.29, 1.82) is 0 Å². The van der Waals surface area contributed by atoms with Crippen molar-refractivity contribution in [1.82, 2.24) is 4.98 Å². The van der Waals surface area contributed by atoms with Gasteiger partial charge in [-0.3, -0.25) is 0 Å². The molecule has 1 aliphatic heterocycles. The molecule has 0 aliphatic carbocycles. The monoisotopic (exact) mass is 334 g/mol. The summed E-state index contributed by atoms with van der Waals surface area (Å²) < 4.78 is 16.7. The molecule has 2 aromatic rings. The van der Waals surface area contributed by atoms with E-state index in [2.05, 4.69) is 23.3 Å². The minimum absolute atomic E-state index is 0.227. The molecule has 6 heteroatoms. The number of fused-ring (bicyclic) bond motifs is 1. The van der Waals surface area contributed by atoms with Crippen LogP contribution in [0.5, 0.6) is 11.5 Å². The molecule has 0 fully saturated rings. The van der Waals surface area contributed by atoms with E-state index in [1.54, 1.807) is 18.4 Å². The van der Waals surface area contributed by atoms with E-state index in [0.29, 0.717) is 19.8 Å². The number of rotatable bonds is 7. The van der Waals surface area contributed by atoms with Crippen LogP contribution in [0.4, 0.5) is 5.69 Å². The fourth-order valence-corrected chi connectivity index (χ4v) is 3.42. The third-order valence-electron chi connectivity index (χ3n) is 3.63. The first-order valence-corrected chi connectivity index (χ1v) is 8.70. The third-order valence-corrected chi connectivity index (χ3v) is 4.50. The van der Waals surface area contributed by atoms with Crippen LogP contribution in [-0.4, -0.2) is 24.8 Å². The number of nitrogens with one attached hydrogen (secondary N) is 1. The van der Waals surface area contributed by atoms with Crippen molar-refractivity contribution in [2.75, 3.05) is 19.0 Å². The Kier molecular flexibility index (Phi) is 5.03. The van der Waals surface area contributed by atoms with E-state index < -0.39 is 0 Å². The lowest BCUT2D eigenvalue weighted by Gasteiger charge is -2.13. The molecule has 0 spiro atoms. The number of hydrogen-bond donors (Lipinski definition) is 1. The van der Waals surface area contributed by atoms with Crippen molar-refractivity contribution in [3.05, 3.63) is 33.8 Å². The van der Waals surface area contributed by atoms with E-state index in [9.17, 15) is 0 Å². The first-order chi connectivity index (χ1) is 11.2. The summed E-state index contributed by atoms with van der Waals surface area (Å²) in [6.07, 6.45) is 1.16. The van der Waals surface area contributed by atoms with Crippen molar-refractivity contribution in [3.63, 3.8) is 0 Å².